The molecule has 1 atom stereocenters. The van der Waals surface area contributed by atoms with Gasteiger partial charge in [0.1, 0.15) is 0 Å². The van der Waals surface area contributed by atoms with Crippen LogP contribution in [0, 0.1) is 0 Å². The number of hydrogen-bond acceptors (Lipinski definition) is 4. The fourth-order valence-electron chi connectivity index (χ4n) is 0.982. The Bertz CT molecular complexity index is 195. The van der Waals surface area contributed by atoms with Crippen LogP contribution in [0.25, 0.3) is 0 Å². The first-order valence-corrected chi connectivity index (χ1v) is 3.85. The summed E-state index contributed by atoms with van der Waals surface area (Å²) in [5.74, 6) is -1.64. The number of carboxylic acids is 1. The first-order chi connectivity index (χ1) is 6.04. The summed E-state index contributed by atoms with van der Waals surface area (Å²) in [6, 6.07) is -1.19. The molecule has 0 aliphatic heterocycles. The van der Waals surface area contributed by atoms with Crippen molar-refractivity contribution < 1.29 is 19.8 Å². The smallest absolute Gasteiger partial charge is 0.328 e. The zero-order valence-corrected chi connectivity index (χ0v) is 7.43. The number of amides is 1. The van der Waals surface area contributed by atoms with Crippen LogP contribution in [-0.4, -0.2) is 52.7 Å². The van der Waals surface area contributed by atoms with Crippen molar-refractivity contribution in [2.24, 2.45) is 5.73 Å². The molecule has 0 saturated heterocycles. The topological polar surface area (TPSA) is 104 Å². The summed E-state index contributed by atoms with van der Waals surface area (Å²) in [6.45, 7) is 0.937. The molecule has 6 nitrogen and oxygen atoms in total. The van der Waals surface area contributed by atoms with Crippen molar-refractivity contribution in [3.8, 4) is 0 Å². The third-order valence-electron chi connectivity index (χ3n) is 1.61. The molecule has 0 radical (unpaired) electrons. The van der Waals surface area contributed by atoms with Crippen LogP contribution >= 0.6 is 0 Å². The molecule has 0 heterocycles. The molecule has 6 heteroatoms. The standard InChI is InChI=1S/C7H14N2O4/c1-5(11)9(3-2-8)6(4-10)7(12)13/h6,10H,2-4,8H2,1H3,(H,12,13). The minimum absolute atomic E-state index is 0.132. The molecule has 1 amide bonds. The second kappa shape index (κ2) is 5.50. The number of hydrogen-bond donors (Lipinski definition) is 3. The van der Waals surface area contributed by atoms with E-state index in [1.807, 2.05) is 0 Å². The number of rotatable bonds is 5. The van der Waals surface area contributed by atoms with E-state index in [0.717, 1.165) is 4.90 Å². The number of nitrogens with two attached hydrogens (primary N) is 1. The van der Waals surface area contributed by atoms with Crippen molar-refractivity contribution in [2.75, 3.05) is 19.7 Å². The normalized spacial score (nSPS) is 12.2. The predicted molar refractivity (Wildman–Crippen MR) is 45.0 cm³/mol. The Balaban J connectivity index is 4.48. The summed E-state index contributed by atoms with van der Waals surface area (Å²) in [5, 5.41) is 17.4. The van der Waals surface area contributed by atoms with Crippen LogP contribution in [-0.2, 0) is 9.59 Å². The summed E-state index contributed by atoms with van der Waals surface area (Å²) in [5.41, 5.74) is 5.19. The van der Waals surface area contributed by atoms with Gasteiger partial charge in [0.15, 0.2) is 6.04 Å². The lowest BCUT2D eigenvalue weighted by Gasteiger charge is -2.25. The first-order valence-electron chi connectivity index (χ1n) is 3.85. The van der Waals surface area contributed by atoms with Crippen LogP contribution in [0.15, 0.2) is 0 Å². The van der Waals surface area contributed by atoms with E-state index in [2.05, 4.69) is 0 Å². The zero-order chi connectivity index (χ0) is 10.4. The van der Waals surface area contributed by atoms with E-state index >= 15 is 0 Å². The van der Waals surface area contributed by atoms with E-state index in [0.29, 0.717) is 0 Å². The molecule has 0 aliphatic carbocycles. The van der Waals surface area contributed by atoms with Crippen molar-refractivity contribution in [2.45, 2.75) is 13.0 Å². The Morgan fingerprint density at radius 2 is 2.08 bits per heavy atom. The molecular formula is C7H14N2O4. The Morgan fingerprint density at radius 3 is 2.31 bits per heavy atom. The maximum absolute atomic E-state index is 10.9. The van der Waals surface area contributed by atoms with E-state index in [1.54, 1.807) is 0 Å². The van der Waals surface area contributed by atoms with Gasteiger partial charge in [0.2, 0.25) is 5.91 Å². The molecule has 13 heavy (non-hydrogen) atoms. The summed E-state index contributed by atoms with van der Waals surface area (Å²) in [4.78, 5) is 22.5. The van der Waals surface area contributed by atoms with Crippen LogP contribution in [0.2, 0.25) is 0 Å². The van der Waals surface area contributed by atoms with Crippen LogP contribution in [0.5, 0.6) is 0 Å². The molecule has 0 aromatic rings. The van der Waals surface area contributed by atoms with Gasteiger partial charge in [0.25, 0.3) is 0 Å². The maximum Gasteiger partial charge on any atom is 0.328 e. The number of aliphatic carboxylic acids is 1. The fourth-order valence-corrected chi connectivity index (χ4v) is 0.982. The molecule has 0 spiro atoms. The average Bonchev–Trinajstić information content (AvgIpc) is 2.03. The molecular weight excluding hydrogens is 176 g/mol. The average molecular weight is 190 g/mol. The molecule has 0 bridgehead atoms. The van der Waals surface area contributed by atoms with E-state index in [9.17, 15) is 9.59 Å². The Labute approximate surface area is 75.9 Å². The van der Waals surface area contributed by atoms with Crippen molar-refractivity contribution in [1.82, 2.24) is 4.90 Å². The number of aliphatic hydroxyl groups is 1. The number of aliphatic hydroxyl groups excluding tert-OH is 1. The lowest BCUT2D eigenvalue weighted by atomic mass is 10.2. The van der Waals surface area contributed by atoms with Crippen molar-refractivity contribution >= 4 is 11.9 Å². The van der Waals surface area contributed by atoms with Gasteiger partial charge in [-0.1, -0.05) is 0 Å². The van der Waals surface area contributed by atoms with E-state index < -0.39 is 24.5 Å². The van der Waals surface area contributed by atoms with Crippen molar-refractivity contribution in [1.29, 1.82) is 0 Å². The number of nitrogens with zero attached hydrogens (tertiary/aromatic N) is 1. The van der Waals surface area contributed by atoms with Gasteiger partial charge in [-0.3, -0.25) is 4.79 Å². The monoisotopic (exact) mass is 190 g/mol. The number of carbonyl (C=O) groups is 2. The van der Waals surface area contributed by atoms with Gasteiger partial charge in [-0.25, -0.2) is 4.79 Å². The fraction of sp³-hybridized carbons (Fsp3) is 0.714. The molecule has 0 saturated carbocycles. The highest BCUT2D eigenvalue weighted by Gasteiger charge is 2.25. The SMILES string of the molecule is CC(=O)N(CCN)C(CO)C(=O)O. The van der Waals surface area contributed by atoms with Gasteiger partial charge in [-0.15, -0.1) is 0 Å². The highest BCUT2D eigenvalue weighted by molar-refractivity contribution is 5.82. The second-order valence-corrected chi connectivity index (χ2v) is 2.54. The number of carboxylic acid groups (broad SMARTS) is 1. The minimum Gasteiger partial charge on any atom is -0.480 e. The zero-order valence-electron chi connectivity index (χ0n) is 7.43. The predicted octanol–water partition coefficient (Wildman–Crippen LogP) is -1.76. The highest BCUT2D eigenvalue weighted by Crippen LogP contribution is 1.99. The molecule has 76 valence electrons. The van der Waals surface area contributed by atoms with E-state index in [-0.39, 0.29) is 13.1 Å². The maximum atomic E-state index is 10.9. The molecule has 0 aromatic heterocycles. The van der Waals surface area contributed by atoms with E-state index in [1.165, 1.54) is 6.92 Å². The summed E-state index contributed by atoms with van der Waals surface area (Å²) in [6.07, 6.45) is 0. The minimum atomic E-state index is -1.23. The molecule has 0 aromatic carbocycles. The van der Waals surface area contributed by atoms with Gasteiger partial charge in [-0.05, 0) is 0 Å². The third kappa shape index (κ3) is 3.39. The van der Waals surface area contributed by atoms with Crippen LogP contribution in [0.3, 0.4) is 0 Å². The summed E-state index contributed by atoms with van der Waals surface area (Å²) >= 11 is 0. The molecule has 0 rings (SSSR count). The Kier molecular flexibility index (Phi) is 5.01. The second-order valence-electron chi connectivity index (χ2n) is 2.54. The van der Waals surface area contributed by atoms with Gasteiger partial charge in [-0.2, -0.15) is 0 Å². The number of carbonyl (C=O) groups excluding carboxylic acids is 1. The Hall–Kier alpha value is -1.14. The third-order valence-corrected chi connectivity index (χ3v) is 1.61. The molecule has 1 unspecified atom stereocenters. The summed E-state index contributed by atoms with van der Waals surface area (Å²) in [7, 11) is 0. The quantitative estimate of drug-likeness (QED) is 0.476. The first kappa shape index (κ1) is 11.9. The summed E-state index contributed by atoms with van der Waals surface area (Å²) < 4.78 is 0. The highest BCUT2D eigenvalue weighted by atomic mass is 16.4. The largest absolute Gasteiger partial charge is 0.480 e. The van der Waals surface area contributed by atoms with Crippen LogP contribution < -0.4 is 5.73 Å². The van der Waals surface area contributed by atoms with Gasteiger partial charge >= 0.3 is 5.97 Å². The Morgan fingerprint density at radius 1 is 1.54 bits per heavy atom. The van der Waals surface area contributed by atoms with Gasteiger partial charge in [0, 0.05) is 20.0 Å². The van der Waals surface area contributed by atoms with Crippen molar-refractivity contribution in [3.63, 3.8) is 0 Å². The molecule has 0 fully saturated rings. The van der Waals surface area contributed by atoms with Crippen LogP contribution in [0.1, 0.15) is 6.92 Å². The van der Waals surface area contributed by atoms with Gasteiger partial charge in [0.05, 0.1) is 6.61 Å². The molecule has 0 aliphatic rings. The lowest BCUT2D eigenvalue weighted by molar-refractivity contribution is -0.151. The lowest BCUT2D eigenvalue weighted by Crippen LogP contribution is -2.48. The van der Waals surface area contributed by atoms with Crippen LogP contribution in [0.4, 0.5) is 0 Å². The van der Waals surface area contributed by atoms with Crippen molar-refractivity contribution in [3.05, 3.63) is 0 Å². The molecule has 4 N–H and O–H groups in total. The van der Waals surface area contributed by atoms with Gasteiger partial charge < -0.3 is 20.8 Å². The van der Waals surface area contributed by atoms with E-state index in [4.69, 9.17) is 15.9 Å².